The van der Waals surface area contributed by atoms with Crippen LogP contribution in [0.5, 0.6) is 17.2 Å². The Kier molecular flexibility index (Phi) is 9.87. The highest BCUT2D eigenvalue weighted by atomic mass is 127. The van der Waals surface area contributed by atoms with Gasteiger partial charge in [-0.3, -0.25) is 4.79 Å². The molecule has 3 aromatic carbocycles. The number of ether oxygens (including phenoxy) is 3. The molecule has 0 saturated heterocycles. The first kappa shape index (κ1) is 31.0. The average Bonchev–Trinajstić information content (AvgIpc) is 2.94. The Labute approximate surface area is 258 Å². The van der Waals surface area contributed by atoms with Crippen molar-refractivity contribution in [3.8, 4) is 28.6 Å². The molecule has 0 radical (unpaired) electrons. The number of carboxylic acid groups (broad SMARTS) is 1. The molecule has 0 bridgehead atoms. The lowest BCUT2D eigenvalue weighted by Crippen LogP contribution is -2.23. The number of hydrogen-bond acceptors (Lipinski definition) is 7. The minimum atomic E-state index is -1.08. The third-order valence-electron chi connectivity index (χ3n) is 6.57. The van der Waals surface area contributed by atoms with Gasteiger partial charge in [0.25, 0.3) is 5.56 Å². The summed E-state index contributed by atoms with van der Waals surface area (Å²) >= 11 is 2.07. The van der Waals surface area contributed by atoms with E-state index in [9.17, 15) is 14.7 Å². The molecule has 1 aromatic heterocycles. The number of carbonyl (C=O) groups is 1. The maximum atomic E-state index is 13.8. The molecule has 1 N–H and O–H groups in total. The van der Waals surface area contributed by atoms with Gasteiger partial charge in [-0.1, -0.05) is 26.0 Å². The first-order chi connectivity index (χ1) is 20.0. The highest BCUT2D eigenvalue weighted by Crippen LogP contribution is 2.36. The van der Waals surface area contributed by atoms with Crippen molar-refractivity contribution in [3.05, 3.63) is 79.1 Å². The van der Waals surface area contributed by atoms with Crippen molar-refractivity contribution in [2.75, 3.05) is 13.2 Å². The van der Waals surface area contributed by atoms with E-state index in [0.717, 1.165) is 22.4 Å². The van der Waals surface area contributed by atoms with Gasteiger partial charge in [0, 0.05) is 5.56 Å². The molecule has 0 saturated carbocycles. The highest BCUT2D eigenvalue weighted by molar-refractivity contribution is 14.1. The van der Waals surface area contributed by atoms with Gasteiger partial charge in [0.2, 0.25) is 0 Å². The molecule has 0 aliphatic rings. The van der Waals surface area contributed by atoms with E-state index < -0.39 is 12.1 Å². The van der Waals surface area contributed by atoms with Crippen LogP contribution in [0.3, 0.4) is 0 Å². The number of benzene rings is 3. The second kappa shape index (κ2) is 13.4. The average molecular weight is 684 g/mol. The van der Waals surface area contributed by atoms with Crippen LogP contribution in [0.15, 0.2) is 58.4 Å². The van der Waals surface area contributed by atoms with Crippen molar-refractivity contribution in [2.24, 2.45) is 5.10 Å². The number of nitrogens with zero attached hydrogens (tertiary/aromatic N) is 3. The zero-order valence-electron chi connectivity index (χ0n) is 24.5. The van der Waals surface area contributed by atoms with Gasteiger partial charge >= 0.3 is 5.97 Å². The van der Waals surface area contributed by atoms with E-state index in [-0.39, 0.29) is 11.5 Å². The van der Waals surface area contributed by atoms with Gasteiger partial charge in [0.15, 0.2) is 23.4 Å². The van der Waals surface area contributed by atoms with Crippen molar-refractivity contribution in [1.29, 1.82) is 0 Å². The molecule has 9 nitrogen and oxygen atoms in total. The van der Waals surface area contributed by atoms with Gasteiger partial charge in [-0.15, -0.1) is 0 Å². The van der Waals surface area contributed by atoms with E-state index in [1.807, 2.05) is 45.0 Å². The molecule has 10 heteroatoms. The first-order valence-corrected chi connectivity index (χ1v) is 14.8. The number of fused-ring (bicyclic) bond motifs is 1. The van der Waals surface area contributed by atoms with Gasteiger partial charge in [-0.25, -0.2) is 9.78 Å². The largest absolute Gasteiger partial charge is 0.494 e. The van der Waals surface area contributed by atoms with E-state index in [1.54, 1.807) is 30.5 Å². The number of para-hydroxylation sites is 1. The van der Waals surface area contributed by atoms with Crippen LogP contribution >= 0.6 is 22.6 Å². The molecule has 0 spiro atoms. The lowest BCUT2D eigenvalue weighted by atomic mass is 9.96. The summed E-state index contributed by atoms with van der Waals surface area (Å²) in [6.45, 7) is 12.3. The van der Waals surface area contributed by atoms with Crippen molar-refractivity contribution in [3.63, 3.8) is 0 Å². The standard InChI is InChI=1S/C32H34IN3O6/c1-7-40-27-13-19(5)24(16-23(27)18(3)4)30-35-26-12-10-9-11-22(26)31(37)36(30)34-17-21-14-25(33)29(28(15-21)41-8-2)42-20(6)32(38)39/h9-18,20H,7-8H2,1-6H3,(H,38,39)/t20-/m0/s1. The van der Waals surface area contributed by atoms with Crippen molar-refractivity contribution in [1.82, 2.24) is 9.66 Å². The van der Waals surface area contributed by atoms with Crippen LogP contribution in [-0.2, 0) is 4.79 Å². The second-order valence-corrected chi connectivity index (χ2v) is 11.1. The van der Waals surface area contributed by atoms with E-state index >= 15 is 0 Å². The fourth-order valence-corrected chi connectivity index (χ4v) is 5.22. The summed E-state index contributed by atoms with van der Waals surface area (Å²) in [7, 11) is 0. The van der Waals surface area contributed by atoms with E-state index in [1.165, 1.54) is 11.6 Å². The normalized spacial score (nSPS) is 12.2. The summed E-state index contributed by atoms with van der Waals surface area (Å²) in [6.07, 6.45) is 0.499. The van der Waals surface area contributed by atoms with Crippen molar-refractivity contribution >= 4 is 45.7 Å². The fourth-order valence-electron chi connectivity index (χ4n) is 4.47. The van der Waals surface area contributed by atoms with Crippen molar-refractivity contribution in [2.45, 2.75) is 53.6 Å². The molecule has 0 aliphatic carbocycles. The molecule has 0 aliphatic heterocycles. The van der Waals surface area contributed by atoms with Crippen LogP contribution in [-0.4, -0.2) is 46.3 Å². The summed E-state index contributed by atoms with van der Waals surface area (Å²) in [5, 5.41) is 14.4. The Morgan fingerprint density at radius 1 is 1.07 bits per heavy atom. The lowest BCUT2D eigenvalue weighted by molar-refractivity contribution is -0.144. The van der Waals surface area contributed by atoms with E-state index in [4.69, 9.17) is 19.2 Å². The molecular weight excluding hydrogens is 649 g/mol. The molecule has 1 heterocycles. The monoisotopic (exact) mass is 683 g/mol. The predicted octanol–water partition coefficient (Wildman–Crippen LogP) is 6.63. The Morgan fingerprint density at radius 3 is 2.43 bits per heavy atom. The Hall–Kier alpha value is -3.93. The molecule has 4 rings (SSSR count). The third kappa shape index (κ3) is 6.59. The first-order valence-electron chi connectivity index (χ1n) is 13.7. The molecule has 4 aromatic rings. The second-order valence-electron chi connectivity index (χ2n) is 9.97. The van der Waals surface area contributed by atoms with E-state index in [0.29, 0.717) is 50.6 Å². The summed E-state index contributed by atoms with van der Waals surface area (Å²) in [5.74, 6) is 1.03. The van der Waals surface area contributed by atoms with Gasteiger partial charge < -0.3 is 19.3 Å². The number of carboxylic acids is 1. The molecule has 0 amide bonds. The molecule has 0 fully saturated rings. The van der Waals surface area contributed by atoms with Crippen molar-refractivity contribution < 1.29 is 24.1 Å². The Bertz CT molecular complexity index is 1710. The predicted molar refractivity (Wildman–Crippen MR) is 172 cm³/mol. The topological polar surface area (TPSA) is 112 Å². The zero-order valence-corrected chi connectivity index (χ0v) is 26.6. The van der Waals surface area contributed by atoms with Gasteiger partial charge in [-0.2, -0.15) is 9.78 Å². The fraction of sp³-hybridized carbons (Fsp3) is 0.312. The summed E-state index contributed by atoms with van der Waals surface area (Å²) in [4.78, 5) is 30.1. The van der Waals surface area contributed by atoms with E-state index in [2.05, 4.69) is 41.5 Å². The minimum absolute atomic E-state index is 0.179. The van der Waals surface area contributed by atoms with Gasteiger partial charge in [0.1, 0.15) is 5.75 Å². The van der Waals surface area contributed by atoms with Crippen LogP contribution in [0.4, 0.5) is 0 Å². The van der Waals surface area contributed by atoms with Crippen LogP contribution in [0, 0.1) is 10.5 Å². The SMILES string of the molecule is CCOc1cc(C)c(-c2nc3ccccc3c(=O)n2N=Cc2cc(I)c(O[C@@H](C)C(=O)O)c(OCC)c2)cc1C(C)C. The Balaban J connectivity index is 1.90. The molecule has 220 valence electrons. The highest BCUT2D eigenvalue weighted by Gasteiger charge is 2.21. The smallest absolute Gasteiger partial charge is 0.344 e. The summed E-state index contributed by atoms with van der Waals surface area (Å²) in [6, 6.07) is 14.7. The lowest BCUT2D eigenvalue weighted by Gasteiger charge is -2.18. The van der Waals surface area contributed by atoms with Crippen LogP contribution in [0.2, 0.25) is 0 Å². The molecule has 0 unspecified atom stereocenters. The van der Waals surface area contributed by atoms with Crippen LogP contribution in [0.1, 0.15) is 57.2 Å². The molecule has 1 atom stereocenters. The quantitative estimate of drug-likeness (QED) is 0.140. The number of hydrogen-bond donors (Lipinski definition) is 1. The number of rotatable bonds is 11. The third-order valence-corrected chi connectivity index (χ3v) is 7.37. The number of aryl methyl sites for hydroxylation is 1. The van der Waals surface area contributed by atoms with Gasteiger partial charge in [0.05, 0.1) is 33.9 Å². The minimum Gasteiger partial charge on any atom is -0.494 e. The number of aromatic nitrogens is 2. The number of halogens is 1. The molecule has 42 heavy (non-hydrogen) atoms. The molecular formula is C32H34IN3O6. The van der Waals surface area contributed by atoms with Gasteiger partial charge in [-0.05, 0) is 109 Å². The zero-order chi connectivity index (χ0) is 30.6. The summed E-state index contributed by atoms with van der Waals surface area (Å²) < 4.78 is 19.3. The maximum Gasteiger partial charge on any atom is 0.344 e. The Morgan fingerprint density at radius 2 is 1.76 bits per heavy atom. The number of aliphatic carboxylic acids is 1. The maximum absolute atomic E-state index is 13.8. The van der Waals surface area contributed by atoms with Crippen LogP contribution < -0.4 is 19.8 Å². The summed E-state index contributed by atoms with van der Waals surface area (Å²) in [5.41, 5.74) is 3.59. The van der Waals surface area contributed by atoms with Crippen LogP contribution in [0.25, 0.3) is 22.3 Å².